The predicted octanol–water partition coefficient (Wildman–Crippen LogP) is 2.76. The molecule has 0 saturated carbocycles. The van der Waals surface area contributed by atoms with E-state index in [1.165, 1.54) is 5.56 Å². The summed E-state index contributed by atoms with van der Waals surface area (Å²) in [6.45, 7) is 1.50. The van der Waals surface area contributed by atoms with Crippen molar-refractivity contribution in [2.45, 2.75) is 25.7 Å². The summed E-state index contributed by atoms with van der Waals surface area (Å²) in [6.07, 6.45) is 0.733. The van der Waals surface area contributed by atoms with Gasteiger partial charge in [-0.1, -0.05) is 35.5 Å². The second-order valence-corrected chi connectivity index (χ2v) is 6.98. The highest BCUT2D eigenvalue weighted by molar-refractivity contribution is 6.06. The smallest absolute Gasteiger partial charge is 0.280 e. The van der Waals surface area contributed by atoms with Crippen LogP contribution in [0.4, 0.5) is 5.69 Å². The van der Waals surface area contributed by atoms with Gasteiger partial charge in [0.05, 0.1) is 26.0 Å². The Kier molecular flexibility index (Phi) is 4.09. The molecule has 1 atom stereocenters. The van der Waals surface area contributed by atoms with Crippen LogP contribution >= 0.6 is 0 Å². The zero-order chi connectivity index (χ0) is 19.1. The first-order chi connectivity index (χ1) is 13.7. The van der Waals surface area contributed by atoms with Gasteiger partial charge in [0.1, 0.15) is 11.9 Å². The largest absolute Gasteiger partial charge is 0.497 e. The SMILES string of the molecule is COc1ccc([C@H]2Cn3nnc(C(=O)N4CCc5ccccc54)c3CO2)cc1. The highest BCUT2D eigenvalue weighted by atomic mass is 16.5. The fraction of sp³-hybridized carbons (Fsp3) is 0.286. The zero-order valence-electron chi connectivity index (χ0n) is 15.5. The van der Waals surface area contributed by atoms with E-state index >= 15 is 0 Å². The predicted molar refractivity (Wildman–Crippen MR) is 102 cm³/mol. The molecule has 3 heterocycles. The van der Waals surface area contributed by atoms with Gasteiger partial charge in [-0.2, -0.15) is 0 Å². The number of para-hydroxylation sites is 1. The molecule has 0 spiro atoms. The normalized spacial score (nSPS) is 17.9. The fourth-order valence-electron chi connectivity index (χ4n) is 3.87. The Morgan fingerprint density at radius 2 is 2.00 bits per heavy atom. The van der Waals surface area contributed by atoms with Crippen LogP contribution in [0.2, 0.25) is 0 Å². The molecule has 7 nitrogen and oxygen atoms in total. The number of hydrogen-bond donors (Lipinski definition) is 0. The van der Waals surface area contributed by atoms with Crippen LogP contribution in [-0.2, 0) is 24.3 Å². The minimum absolute atomic E-state index is 0.113. The lowest BCUT2D eigenvalue weighted by Gasteiger charge is -2.25. The van der Waals surface area contributed by atoms with Crippen molar-refractivity contribution < 1.29 is 14.3 Å². The average Bonchev–Trinajstić information content (AvgIpc) is 3.37. The lowest BCUT2D eigenvalue weighted by molar-refractivity contribution is -0.00175. The Balaban J connectivity index is 1.38. The maximum absolute atomic E-state index is 13.1. The van der Waals surface area contributed by atoms with Gasteiger partial charge in [-0.15, -0.1) is 5.10 Å². The van der Waals surface area contributed by atoms with Crippen LogP contribution in [0.15, 0.2) is 48.5 Å². The van der Waals surface area contributed by atoms with Crippen molar-refractivity contribution in [1.29, 1.82) is 0 Å². The Hall–Kier alpha value is -3.19. The molecule has 0 fully saturated rings. The van der Waals surface area contributed by atoms with E-state index in [9.17, 15) is 4.79 Å². The Labute approximate surface area is 162 Å². The van der Waals surface area contributed by atoms with Gasteiger partial charge in [0, 0.05) is 12.2 Å². The van der Waals surface area contributed by atoms with E-state index < -0.39 is 0 Å². The summed E-state index contributed by atoms with van der Waals surface area (Å²) in [4.78, 5) is 14.9. The Bertz CT molecular complexity index is 1030. The summed E-state index contributed by atoms with van der Waals surface area (Å²) in [6, 6.07) is 15.8. The molecule has 28 heavy (non-hydrogen) atoms. The molecule has 1 amide bonds. The first-order valence-electron chi connectivity index (χ1n) is 9.32. The summed E-state index contributed by atoms with van der Waals surface area (Å²) in [7, 11) is 1.64. The minimum atomic E-state index is -0.129. The van der Waals surface area contributed by atoms with E-state index in [0.29, 0.717) is 25.4 Å². The second-order valence-electron chi connectivity index (χ2n) is 6.98. The van der Waals surface area contributed by atoms with Gasteiger partial charge in [0.25, 0.3) is 5.91 Å². The number of hydrogen-bond acceptors (Lipinski definition) is 5. The number of methoxy groups -OCH3 is 1. The highest BCUT2D eigenvalue weighted by Crippen LogP contribution is 2.31. The van der Waals surface area contributed by atoms with Crippen molar-refractivity contribution in [2.24, 2.45) is 0 Å². The number of anilines is 1. The zero-order valence-corrected chi connectivity index (χ0v) is 15.5. The standard InChI is InChI=1S/C21H20N4O3/c1-27-16-8-6-15(7-9-16)19-12-25-18(13-28-19)20(22-23-25)21(26)24-11-10-14-4-2-3-5-17(14)24/h2-9,19H,10-13H2,1H3/t19-/m1/s1. The van der Waals surface area contributed by atoms with Gasteiger partial charge < -0.3 is 14.4 Å². The van der Waals surface area contributed by atoms with E-state index in [-0.39, 0.29) is 12.0 Å². The Morgan fingerprint density at radius 1 is 1.18 bits per heavy atom. The molecule has 5 rings (SSSR count). The third kappa shape index (κ3) is 2.75. The van der Waals surface area contributed by atoms with Crippen molar-refractivity contribution in [3.05, 3.63) is 71.0 Å². The van der Waals surface area contributed by atoms with Crippen molar-refractivity contribution in [1.82, 2.24) is 15.0 Å². The number of benzene rings is 2. The first-order valence-corrected chi connectivity index (χ1v) is 9.32. The maximum atomic E-state index is 13.1. The van der Waals surface area contributed by atoms with Crippen LogP contribution in [-0.4, -0.2) is 34.6 Å². The molecule has 3 aromatic rings. The molecule has 0 radical (unpaired) electrons. The van der Waals surface area contributed by atoms with Crippen molar-refractivity contribution >= 4 is 11.6 Å². The third-order valence-electron chi connectivity index (χ3n) is 5.42. The number of ether oxygens (including phenoxy) is 2. The summed E-state index contributed by atoms with van der Waals surface area (Å²) in [5.41, 5.74) is 4.31. The minimum Gasteiger partial charge on any atom is -0.497 e. The molecular formula is C21H20N4O3. The van der Waals surface area contributed by atoms with Crippen LogP contribution in [0.5, 0.6) is 5.75 Å². The van der Waals surface area contributed by atoms with Gasteiger partial charge in [0.2, 0.25) is 0 Å². The van der Waals surface area contributed by atoms with Gasteiger partial charge >= 0.3 is 0 Å². The molecule has 2 aliphatic heterocycles. The fourth-order valence-corrected chi connectivity index (χ4v) is 3.87. The number of rotatable bonds is 3. The quantitative estimate of drug-likeness (QED) is 0.703. The lowest BCUT2D eigenvalue weighted by atomic mass is 10.1. The molecule has 1 aromatic heterocycles. The second kappa shape index (κ2) is 6.76. The molecular weight excluding hydrogens is 356 g/mol. The van der Waals surface area contributed by atoms with Crippen molar-refractivity contribution in [2.75, 3.05) is 18.6 Å². The van der Waals surface area contributed by atoms with Crippen molar-refractivity contribution in [3.63, 3.8) is 0 Å². The van der Waals surface area contributed by atoms with Crippen molar-refractivity contribution in [3.8, 4) is 5.75 Å². The van der Waals surface area contributed by atoms with E-state index in [2.05, 4.69) is 16.4 Å². The molecule has 7 heteroatoms. The molecule has 2 aliphatic rings. The molecule has 0 N–H and O–H groups in total. The molecule has 0 saturated heterocycles. The van der Waals surface area contributed by atoms with Crippen LogP contribution in [0.1, 0.15) is 33.4 Å². The highest BCUT2D eigenvalue weighted by Gasteiger charge is 2.32. The van der Waals surface area contributed by atoms with Crippen LogP contribution in [0, 0.1) is 0 Å². The molecule has 0 aliphatic carbocycles. The number of amides is 1. The molecule has 2 aromatic carbocycles. The summed E-state index contributed by atoms with van der Waals surface area (Å²) < 4.78 is 13.0. The molecule has 142 valence electrons. The van der Waals surface area contributed by atoms with E-state index in [0.717, 1.165) is 29.1 Å². The van der Waals surface area contributed by atoms with E-state index in [1.807, 2.05) is 42.5 Å². The van der Waals surface area contributed by atoms with Gasteiger partial charge in [-0.05, 0) is 35.7 Å². The number of carbonyl (C=O) groups is 1. The topological polar surface area (TPSA) is 69.5 Å². The maximum Gasteiger partial charge on any atom is 0.280 e. The van der Waals surface area contributed by atoms with E-state index in [1.54, 1.807) is 16.7 Å². The molecule has 0 bridgehead atoms. The first kappa shape index (κ1) is 16.9. The van der Waals surface area contributed by atoms with Crippen LogP contribution in [0.3, 0.4) is 0 Å². The summed E-state index contributed by atoms with van der Waals surface area (Å²) in [5.74, 6) is 0.692. The van der Waals surface area contributed by atoms with Crippen LogP contribution < -0.4 is 9.64 Å². The van der Waals surface area contributed by atoms with Gasteiger partial charge in [0.15, 0.2) is 5.69 Å². The summed E-state index contributed by atoms with van der Waals surface area (Å²) in [5, 5.41) is 8.42. The molecule has 0 unspecified atom stereocenters. The third-order valence-corrected chi connectivity index (χ3v) is 5.42. The van der Waals surface area contributed by atoms with Crippen LogP contribution in [0.25, 0.3) is 0 Å². The number of aromatic nitrogens is 3. The average molecular weight is 376 g/mol. The summed E-state index contributed by atoms with van der Waals surface area (Å²) >= 11 is 0. The number of carbonyl (C=O) groups excluding carboxylic acids is 1. The Morgan fingerprint density at radius 3 is 2.82 bits per heavy atom. The lowest BCUT2D eigenvalue weighted by Crippen LogP contribution is -2.31. The van der Waals surface area contributed by atoms with E-state index in [4.69, 9.17) is 9.47 Å². The number of nitrogens with zero attached hydrogens (tertiary/aromatic N) is 4. The number of fused-ring (bicyclic) bond motifs is 2. The van der Waals surface area contributed by atoms with Gasteiger partial charge in [-0.3, -0.25) is 4.79 Å². The van der Waals surface area contributed by atoms with Gasteiger partial charge in [-0.25, -0.2) is 4.68 Å². The monoisotopic (exact) mass is 376 g/mol.